The molecule has 1 saturated heterocycles. The van der Waals surface area contributed by atoms with Crippen molar-refractivity contribution in [3.8, 4) is 0 Å². The fraction of sp³-hybridized carbons (Fsp3) is 0.889. The number of nitrogens with zero attached hydrogens (tertiary/aromatic N) is 1. The Morgan fingerprint density at radius 3 is 2.86 bits per heavy atom. The molecule has 0 aromatic carbocycles. The molecule has 14 heavy (non-hydrogen) atoms. The van der Waals surface area contributed by atoms with Gasteiger partial charge in [-0.25, -0.2) is 4.39 Å². The number of rotatable bonds is 3. The molecule has 0 N–H and O–H groups in total. The third-order valence-corrected chi connectivity index (χ3v) is 2.62. The zero-order valence-corrected chi connectivity index (χ0v) is 9.18. The van der Waals surface area contributed by atoms with Crippen LogP contribution in [0.25, 0.3) is 0 Å². The molecule has 0 aromatic heterocycles. The molecular weight excluding hydrogens is 209 g/mol. The van der Waals surface area contributed by atoms with Gasteiger partial charge in [-0.1, -0.05) is 11.6 Å². The van der Waals surface area contributed by atoms with Crippen molar-refractivity contribution >= 4 is 17.5 Å². The van der Waals surface area contributed by atoms with Crippen LogP contribution in [0.3, 0.4) is 0 Å². The van der Waals surface area contributed by atoms with Crippen molar-refractivity contribution in [3.63, 3.8) is 0 Å². The van der Waals surface area contributed by atoms with Crippen LogP contribution in [0.5, 0.6) is 0 Å². The van der Waals surface area contributed by atoms with Crippen LogP contribution in [0.4, 0.5) is 4.39 Å². The van der Waals surface area contributed by atoms with Gasteiger partial charge in [-0.2, -0.15) is 0 Å². The van der Waals surface area contributed by atoms with E-state index in [9.17, 15) is 9.18 Å². The summed E-state index contributed by atoms with van der Waals surface area (Å²) in [5, 5.41) is 0. The summed E-state index contributed by atoms with van der Waals surface area (Å²) in [7, 11) is 1.53. The normalized spacial score (nSPS) is 28.9. The molecule has 0 bridgehead atoms. The molecular formula is C9H15ClFNO2. The Morgan fingerprint density at radius 2 is 2.43 bits per heavy atom. The van der Waals surface area contributed by atoms with E-state index < -0.39 is 11.5 Å². The molecule has 2 unspecified atom stereocenters. The first-order valence-corrected chi connectivity index (χ1v) is 5.05. The summed E-state index contributed by atoms with van der Waals surface area (Å²) in [6.07, 6.45) is 1.88. The third-order valence-electron chi connectivity index (χ3n) is 2.44. The average Bonchev–Trinajstić information content (AvgIpc) is 2.50. The Bertz CT molecular complexity index is 217. The van der Waals surface area contributed by atoms with Crippen LogP contribution in [0, 0.1) is 0 Å². The van der Waals surface area contributed by atoms with Crippen molar-refractivity contribution in [2.75, 3.05) is 20.2 Å². The molecule has 1 rings (SSSR count). The molecule has 2 atom stereocenters. The minimum absolute atomic E-state index is 0.337. The smallest absolute Gasteiger partial charge is 0.272 e. The molecule has 1 amide bonds. The van der Waals surface area contributed by atoms with Crippen molar-refractivity contribution in [1.82, 2.24) is 4.90 Å². The molecule has 0 aliphatic carbocycles. The molecule has 1 heterocycles. The highest BCUT2D eigenvalue weighted by atomic mass is 35.5. The highest BCUT2D eigenvalue weighted by Crippen LogP contribution is 2.25. The SMILES string of the molecule is CN(CC1(C)CCCO1)C(=O)C(F)Cl. The van der Waals surface area contributed by atoms with Crippen molar-refractivity contribution in [2.45, 2.75) is 31.0 Å². The second-order valence-corrected chi connectivity index (χ2v) is 4.28. The van der Waals surface area contributed by atoms with Crippen LogP contribution < -0.4 is 0 Å². The molecule has 82 valence electrons. The highest BCUT2D eigenvalue weighted by Gasteiger charge is 2.33. The van der Waals surface area contributed by atoms with Gasteiger partial charge in [-0.15, -0.1) is 0 Å². The third kappa shape index (κ3) is 2.82. The lowest BCUT2D eigenvalue weighted by Gasteiger charge is -2.29. The first-order chi connectivity index (χ1) is 6.44. The van der Waals surface area contributed by atoms with Crippen molar-refractivity contribution in [3.05, 3.63) is 0 Å². The lowest BCUT2D eigenvalue weighted by molar-refractivity contribution is -0.135. The van der Waals surface area contributed by atoms with Crippen LogP contribution in [0.2, 0.25) is 0 Å². The maximum atomic E-state index is 12.5. The molecule has 1 aliphatic rings. The first kappa shape index (κ1) is 11.7. The van der Waals surface area contributed by atoms with Gasteiger partial charge in [0.25, 0.3) is 11.5 Å². The standard InChI is InChI=1S/C9H15ClFNO2/c1-9(4-3-5-14-9)6-12(2)8(13)7(10)11/h7H,3-6H2,1-2H3. The molecule has 3 nitrogen and oxygen atoms in total. The predicted molar refractivity (Wildman–Crippen MR) is 52.0 cm³/mol. The lowest BCUT2D eigenvalue weighted by atomic mass is 10.0. The van der Waals surface area contributed by atoms with Gasteiger partial charge in [-0.05, 0) is 19.8 Å². The molecule has 1 fully saturated rings. The van der Waals surface area contributed by atoms with Gasteiger partial charge in [0.2, 0.25) is 0 Å². The monoisotopic (exact) mass is 223 g/mol. The van der Waals surface area contributed by atoms with Crippen LogP contribution in [-0.4, -0.2) is 42.2 Å². The fourth-order valence-electron chi connectivity index (χ4n) is 1.71. The summed E-state index contributed by atoms with van der Waals surface area (Å²) in [5.41, 5.74) is -2.29. The summed E-state index contributed by atoms with van der Waals surface area (Å²) in [6, 6.07) is 0. The van der Waals surface area contributed by atoms with E-state index in [0.29, 0.717) is 13.2 Å². The van der Waals surface area contributed by atoms with Crippen molar-refractivity contribution < 1.29 is 13.9 Å². The second-order valence-electron chi connectivity index (χ2n) is 3.90. The fourth-order valence-corrected chi connectivity index (χ4v) is 1.87. The van der Waals surface area contributed by atoms with E-state index in [1.807, 2.05) is 6.92 Å². The number of ether oxygens (including phenoxy) is 1. The van der Waals surface area contributed by atoms with E-state index >= 15 is 0 Å². The minimum Gasteiger partial charge on any atom is -0.373 e. The van der Waals surface area contributed by atoms with Gasteiger partial charge in [0, 0.05) is 20.2 Å². The van der Waals surface area contributed by atoms with E-state index in [1.165, 1.54) is 11.9 Å². The second kappa shape index (κ2) is 4.45. The number of likely N-dealkylation sites (N-methyl/N-ethyl adjacent to an activating group) is 1. The molecule has 0 aromatic rings. The van der Waals surface area contributed by atoms with E-state index in [0.717, 1.165) is 12.8 Å². The minimum atomic E-state index is -1.95. The summed E-state index contributed by atoms with van der Waals surface area (Å²) in [4.78, 5) is 12.4. The summed E-state index contributed by atoms with van der Waals surface area (Å²) in [6.45, 7) is 3.02. The number of hydrogen-bond donors (Lipinski definition) is 0. The molecule has 1 aliphatic heterocycles. The zero-order chi connectivity index (χ0) is 10.8. The van der Waals surface area contributed by atoms with Gasteiger partial charge in [0.1, 0.15) is 0 Å². The van der Waals surface area contributed by atoms with E-state index in [-0.39, 0.29) is 5.60 Å². The largest absolute Gasteiger partial charge is 0.373 e. The van der Waals surface area contributed by atoms with Crippen LogP contribution >= 0.6 is 11.6 Å². The molecule has 0 saturated carbocycles. The number of carbonyl (C=O) groups is 1. The summed E-state index contributed by atoms with van der Waals surface area (Å²) < 4.78 is 18.0. The Labute approximate surface area is 88.2 Å². The highest BCUT2D eigenvalue weighted by molar-refractivity contribution is 6.29. The van der Waals surface area contributed by atoms with Gasteiger partial charge in [0.15, 0.2) is 0 Å². The van der Waals surface area contributed by atoms with Crippen LogP contribution in [0.1, 0.15) is 19.8 Å². The number of halogens is 2. The van der Waals surface area contributed by atoms with E-state index in [4.69, 9.17) is 16.3 Å². The van der Waals surface area contributed by atoms with Crippen molar-refractivity contribution in [2.24, 2.45) is 0 Å². The lowest BCUT2D eigenvalue weighted by Crippen LogP contribution is -2.43. The Kier molecular flexibility index (Phi) is 3.72. The van der Waals surface area contributed by atoms with Gasteiger partial charge in [0.05, 0.1) is 5.60 Å². The van der Waals surface area contributed by atoms with Crippen molar-refractivity contribution in [1.29, 1.82) is 0 Å². The number of hydrogen-bond acceptors (Lipinski definition) is 2. The maximum Gasteiger partial charge on any atom is 0.272 e. The maximum absolute atomic E-state index is 12.5. The Hall–Kier alpha value is -0.350. The Morgan fingerprint density at radius 1 is 1.79 bits per heavy atom. The molecule has 0 spiro atoms. The number of alkyl halides is 2. The number of amides is 1. The Balaban J connectivity index is 2.47. The van der Waals surface area contributed by atoms with Gasteiger partial charge >= 0.3 is 0 Å². The number of carbonyl (C=O) groups excluding carboxylic acids is 1. The molecule has 0 radical (unpaired) electrons. The van der Waals surface area contributed by atoms with Gasteiger partial charge in [-0.3, -0.25) is 4.79 Å². The molecule has 5 heteroatoms. The summed E-state index contributed by atoms with van der Waals surface area (Å²) >= 11 is 5.06. The van der Waals surface area contributed by atoms with Crippen LogP contribution in [-0.2, 0) is 9.53 Å². The summed E-state index contributed by atoms with van der Waals surface area (Å²) in [5.74, 6) is -0.705. The average molecular weight is 224 g/mol. The quantitative estimate of drug-likeness (QED) is 0.680. The van der Waals surface area contributed by atoms with Gasteiger partial charge < -0.3 is 9.64 Å². The predicted octanol–water partition coefficient (Wildman–Crippen LogP) is 1.55. The van der Waals surface area contributed by atoms with E-state index in [2.05, 4.69) is 0 Å². The van der Waals surface area contributed by atoms with E-state index in [1.54, 1.807) is 0 Å². The zero-order valence-electron chi connectivity index (χ0n) is 8.43. The van der Waals surface area contributed by atoms with Crippen LogP contribution in [0.15, 0.2) is 0 Å². The topological polar surface area (TPSA) is 29.5 Å². The first-order valence-electron chi connectivity index (χ1n) is 4.62.